The minimum atomic E-state index is 0.0495. The van der Waals surface area contributed by atoms with Gasteiger partial charge in [0.1, 0.15) is 11.6 Å². The number of aliphatic hydroxyl groups excluding tert-OH is 1. The van der Waals surface area contributed by atoms with Crippen LogP contribution in [0.2, 0.25) is 0 Å². The summed E-state index contributed by atoms with van der Waals surface area (Å²) in [5.41, 5.74) is 3.84. The van der Waals surface area contributed by atoms with E-state index in [2.05, 4.69) is 29.2 Å². The van der Waals surface area contributed by atoms with Crippen LogP contribution in [0.5, 0.6) is 0 Å². The predicted molar refractivity (Wildman–Crippen MR) is 122 cm³/mol. The molecule has 2 aromatic heterocycles. The largest absolute Gasteiger partial charge is 0.507 e. The van der Waals surface area contributed by atoms with Crippen molar-refractivity contribution < 1.29 is 5.11 Å². The Balaban J connectivity index is 1.60. The van der Waals surface area contributed by atoms with Crippen LogP contribution >= 0.6 is 0 Å². The van der Waals surface area contributed by atoms with Crippen LogP contribution in [-0.2, 0) is 0 Å². The number of aliphatic hydroxyl groups is 1. The molecule has 1 aliphatic heterocycles. The molecule has 0 atom stereocenters. The van der Waals surface area contributed by atoms with Gasteiger partial charge < -0.3 is 25.6 Å². The van der Waals surface area contributed by atoms with Crippen LogP contribution in [-0.4, -0.2) is 66.0 Å². The number of piperidine rings is 1. The maximum absolute atomic E-state index is 10.4. The van der Waals surface area contributed by atoms with Crippen molar-refractivity contribution in [1.82, 2.24) is 20.2 Å². The van der Waals surface area contributed by atoms with Crippen LogP contribution in [0.3, 0.4) is 0 Å². The predicted octanol–water partition coefficient (Wildman–Crippen LogP) is 3.12. The van der Waals surface area contributed by atoms with Crippen molar-refractivity contribution in [2.24, 2.45) is 0 Å². The zero-order valence-corrected chi connectivity index (χ0v) is 17.7. The Morgan fingerprint density at radius 2 is 1.80 bits per heavy atom. The number of allylic oxidation sites excluding steroid dienone is 4. The Morgan fingerprint density at radius 1 is 1.10 bits per heavy atom. The first-order valence-corrected chi connectivity index (χ1v) is 10.2. The Morgan fingerprint density at radius 3 is 2.50 bits per heavy atom. The number of nitrogens with zero attached hydrogens (tertiary/aromatic N) is 4. The second kappa shape index (κ2) is 8.28. The van der Waals surface area contributed by atoms with Gasteiger partial charge in [-0.25, -0.2) is 9.97 Å². The van der Waals surface area contributed by atoms with E-state index in [-0.39, 0.29) is 11.5 Å². The van der Waals surface area contributed by atoms with Crippen molar-refractivity contribution in [3.8, 4) is 0 Å². The third-order valence-corrected chi connectivity index (χ3v) is 5.79. The van der Waals surface area contributed by atoms with E-state index >= 15 is 0 Å². The van der Waals surface area contributed by atoms with Crippen molar-refractivity contribution in [2.75, 3.05) is 39.1 Å². The highest BCUT2D eigenvalue weighted by Gasteiger charge is 2.22. The van der Waals surface area contributed by atoms with Crippen molar-refractivity contribution >= 4 is 28.1 Å². The average Bonchev–Trinajstić information content (AvgIpc) is 2.75. The highest BCUT2D eigenvalue weighted by atomic mass is 16.3. The zero-order valence-electron chi connectivity index (χ0n) is 17.7. The number of hydrogen-bond donors (Lipinski definition) is 3. The number of fused-ring (bicyclic) bond motifs is 1. The van der Waals surface area contributed by atoms with Gasteiger partial charge in [0.05, 0.1) is 22.4 Å². The van der Waals surface area contributed by atoms with E-state index in [1.165, 1.54) is 6.08 Å². The summed E-state index contributed by atoms with van der Waals surface area (Å²) in [5.74, 6) is 1.04. The van der Waals surface area contributed by atoms with Crippen LogP contribution < -0.4 is 10.2 Å². The normalized spacial score (nSPS) is 19.4. The van der Waals surface area contributed by atoms with E-state index < -0.39 is 0 Å². The van der Waals surface area contributed by atoms with Gasteiger partial charge in [0, 0.05) is 49.6 Å². The standard InChI is InChI=1S/C23H28N6O/c1-25-14-15-12-17(22(30)13-18(15)24)19-4-5-21-20(26-19)6-7-23(27-21)29-10-8-16(9-11-29)28(2)3/h4-7,12-14,16,24-25,30H,8-11H2,1-3H3/b15-14-,24-18?. The van der Waals surface area contributed by atoms with Crippen molar-refractivity contribution in [3.63, 3.8) is 0 Å². The van der Waals surface area contributed by atoms with Gasteiger partial charge in [0.25, 0.3) is 0 Å². The number of aromatic nitrogens is 2. The molecular formula is C23H28N6O. The molecule has 2 aliphatic rings. The summed E-state index contributed by atoms with van der Waals surface area (Å²) in [5, 5.41) is 21.3. The van der Waals surface area contributed by atoms with Gasteiger partial charge >= 0.3 is 0 Å². The molecule has 3 N–H and O–H groups in total. The molecule has 0 radical (unpaired) electrons. The first-order chi connectivity index (χ1) is 14.5. The van der Waals surface area contributed by atoms with Gasteiger partial charge in [-0.2, -0.15) is 0 Å². The average molecular weight is 405 g/mol. The van der Waals surface area contributed by atoms with Gasteiger partial charge in [-0.1, -0.05) is 0 Å². The lowest BCUT2D eigenvalue weighted by molar-refractivity contribution is 0.249. The number of pyridine rings is 2. The summed E-state index contributed by atoms with van der Waals surface area (Å²) in [6, 6.07) is 8.49. The maximum Gasteiger partial charge on any atom is 0.129 e. The van der Waals surface area contributed by atoms with Crippen molar-refractivity contribution in [3.05, 3.63) is 59.6 Å². The van der Waals surface area contributed by atoms with E-state index in [0.29, 0.717) is 22.9 Å². The van der Waals surface area contributed by atoms with Gasteiger partial charge in [-0.05, 0) is 57.3 Å². The van der Waals surface area contributed by atoms with Crippen LogP contribution in [0, 0.1) is 5.41 Å². The van der Waals surface area contributed by atoms with E-state index in [1.54, 1.807) is 19.3 Å². The molecule has 0 unspecified atom stereocenters. The number of rotatable bonds is 4. The number of anilines is 1. The first-order valence-electron chi connectivity index (χ1n) is 10.2. The molecule has 2 aromatic rings. The maximum atomic E-state index is 10.4. The Labute approximate surface area is 176 Å². The SMILES string of the molecule is CN/C=C1/C=C(c2ccc3nc(N4CCC(N(C)C)CC4)ccc3n2)C(O)=CC1=N. The smallest absolute Gasteiger partial charge is 0.129 e. The minimum Gasteiger partial charge on any atom is -0.507 e. The molecule has 156 valence electrons. The Hall–Kier alpha value is -3.19. The summed E-state index contributed by atoms with van der Waals surface area (Å²) in [6.07, 6.45) is 7.24. The molecule has 1 saturated heterocycles. The van der Waals surface area contributed by atoms with E-state index in [1.807, 2.05) is 24.3 Å². The number of nitrogens with one attached hydrogen (secondary N) is 2. The van der Waals surface area contributed by atoms with Crippen molar-refractivity contribution in [1.29, 1.82) is 5.41 Å². The molecule has 1 aliphatic carbocycles. The Kier molecular flexibility index (Phi) is 5.55. The molecule has 4 rings (SSSR count). The lowest BCUT2D eigenvalue weighted by Gasteiger charge is -2.35. The molecule has 7 heteroatoms. The molecule has 0 bridgehead atoms. The number of hydrogen-bond acceptors (Lipinski definition) is 7. The molecule has 0 saturated carbocycles. The van der Waals surface area contributed by atoms with Crippen LogP contribution in [0.4, 0.5) is 5.82 Å². The third kappa shape index (κ3) is 3.93. The molecule has 3 heterocycles. The summed E-state index contributed by atoms with van der Waals surface area (Å²) < 4.78 is 0. The monoisotopic (exact) mass is 404 g/mol. The Bertz CT molecular complexity index is 1060. The lowest BCUT2D eigenvalue weighted by atomic mass is 9.96. The van der Waals surface area contributed by atoms with E-state index in [9.17, 15) is 5.11 Å². The highest BCUT2D eigenvalue weighted by Crippen LogP contribution is 2.28. The lowest BCUT2D eigenvalue weighted by Crippen LogP contribution is -2.42. The van der Waals surface area contributed by atoms with Crippen LogP contribution in [0.1, 0.15) is 18.5 Å². The minimum absolute atomic E-state index is 0.0495. The molecular weight excluding hydrogens is 376 g/mol. The van der Waals surface area contributed by atoms with Gasteiger partial charge in [-0.3, -0.25) is 0 Å². The van der Waals surface area contributed by atoms with Gasteiger partial charge in [-0.15, -0.1) is 0 Å². The topological polar surface area (TPSA) is 88.4 Å². The second-order valence-corrected chi connectivity index (χ2v) is 7.98. The van der Waals surface area contributed by atoms with E-state index in [0.717, 1.165) is 42.8 Å². The fourth-order valence-corrected chi connectivity index (χ4v) is 4.02. The quantitative estimate of drug-likeness (QED) is 0.726. The van der Waals surface area contributed by atoms with Gasteiger partial charge in [0.15, 0.2) is 0 Å². The van der Waals surface area contributed by atoms with Crippen LogP contribution in [0.15, 0.2) is 53.9 Å². The summed E-state index contributed by atoms with van der Waals surface area (Å²) in [6.45, 7) is 2.01. The molecule has 30 heavy (non-hydrogen) atoms. The highest BCUT2D eigenvalue weighted by molar-refractivity contribution is 6.13. The van der Waals surface area contributed by atoms with Gasteiger partial charge in [0.2, 0.25) is 0 Å². The molecule has 0 amide bonds. The second-order valence-electron chi connectivity index (χ2n) is 7.98. The third-order valence-electron chi connectivity index (χ3n) is 5.79. The zero-order chi connectivity index (χ0) is 21.3. The fraction of sp³-hybridized carbons (Fsp3) is 0.348. The first kappa shape index (κ1) is 20.1. The summed E-state index contributed by atoms with van der Waals surface area (Å²) >= 11 is 0. The molecule has 1 fully saturated rings. The van der Waals surface area contributed by atoms with Crippen LogP contribution in [0.25, 0.3) is 16.6 Å². The molecule has 0 spiro atoms. The van der Waals surface area contributed by atoms with E-state index in [4.69, 9.17) is 15.4 Å². The summed E-state index contributed by atoms with van der Waals surface area (Å²) in [4.78, 5) is 14.2. The fourth-order valence-electron chi connectivity index (χ4n) is 4.02. The van der Waals surface area contributed by atoms with Crippen molar-refractivity contribution in [2.45, 2.75) is 18.9 Å². The summed E-state index contributed by atoms with van der Waals surface area (Å²) in [7, 11) is 6.08. The molecule has 0 aromatic carbocycles. The molecule has 7 nitrogen and oxygen atoms in total.